The van der Waals surface area contributed by atoms with Crippen molar-refractivity contribution in [3.8, 4) is 0 Å². The molecule has 1 aliphatic heterocycles. The van der Waals surface area contributed by atoms with Crippen LogP contribution in [0.5, 0.6) is 0 Å². The van der Waals surface area contributed by atoms with Gasteiger partial charge in [-0.05, 0) is 43.3 Å². The van der Waals surface area contributed by atoms with Crippen molar-refractivity contribution in [3.05, 3.63) is 64.1 Å². The zero-order chi connectivity index (χ0) is 18.4. The highest BCUT2D eigenvalue weighted by Crippen LogP contribution is 2.22. The molecule has 0 spiro atoms. The van der Waals surface area contributed by atoms with Gasteiger partial charge in [-0.3, -0.25) is 9.69 Å². The summed E-state index contributed by atoms with van der Waals surface area (Å²) in [5, 5.41) is 3.80. The first-order chi connectivity index (χ1) is 12.6. The lowest BCUT2D eigenvalue weighted by molar-refractivity contribution is 0.0951. The summed E-state index contributed by atoms with van der Waals surface area (Å²) in [7, 11) is 0. The van der Waals surface area contributed by atoms with E-state index in [0.717, 1.165) is 39.1 Å². The van der Waals surface area contributed by atoms with E-state index in [4.69, 9.17) is 23.2 Å². The average Bonchev–Trinajstić information content (AvgIpc) is 2.68. The third kappa shape index (κ3) is 5.13. The summed E-state index contributed by atoms with van der Waals surface area (Å²) in [4.78, 5) is 17.0. The molecule has 0 aliphatic carbocycles. The van der Waals surface area contributed by atoms with Crippen molar-refractivity contribution in [2.24, 2.45) is 0 Å². The van der Waals surface area contributed by atoms with E-state index in [1.807, 2.05) is 6.07 Å². The molecule has 4 nitrogen and oxygen atoms in total. The Morgan fingerprint density at radius 1 is 0.962 bits per heavy atom. The van der Waals surface area contributed by atoms with Crippen LogP contribution >= 0.6 is 23.2 Å². The van der Waals surface area contributed by atoms with Gasteiger partial charge in [0.25, 0.3) is 5.91 Å². The van der Waals surface area contributed by atoms with Gasteiger partial charge in [-0.15, -0.1) is 0 Å². The van der Waals surface area contributed by atoms with E-state index in [0.29, 0.717) is 22.2 Å². The molecule has 0 saturated carbocycles. The Labute approximate surface area is 164 Å². The first kappa shape index (κ1) is 19.0. The van der Waals surface area contributed by atoms with E-state index >= 15 is 0 Å². The number of halogens is 2. The first-order valence-electron chi connectivity index (χ1n) is 8.89. The molecule has 0 bridgehead atoms. The monoisotopic (exact) mass is 391 g/mol. The van der Waals surface area contributed by atoms with E-state index in [2.05, 4.69) is 39.4 Å². The minimum absolute atomic E-state index is 0.113. The van der Waals surface area contributed by atoms with E-state index in [9.17, 15) is 4.79 Å². The molecule has 1 saturated heterocycles. The van der Waals surface area contributed by atoms with Gasteiger partial charge >= 0.3 is 0 Å². The molecule has 0 radical (unpaired) electrons. The van der Waals surface area contributed by atoms with Crippen LogP contribution in [0.3, 0.4) is 0 Å². The number of amides is 1. The van der Waals surface area contributed by atoms with Crippen molar-refractivity contribution < 1.29 is 4.79 Å². The number of carbonyl (C=O) groups excluding carboxylic acids is 1. The molecule has 1 fully saturated rings. The highest BCUT2D eigenvalue weighted by atomic mass is 35.5. The smallest absolute Gasteiger partial charge is 0.251 e. The number of nitrogens with zero attached hydrogens (tertiary/aromatic N) is 2. The number of rotatable bonds is 6. The van der Waals surface area contributed by atoms with Crippen LogP contribution in [0.4, 0.5) is 5.69 Å². The zero-order valence-corrected chi connectivity index (χ0v) is 16.1. The maximum atomic E-state index is 12.1. The largest absolute Gasteiger partial charge is 0.369 e. The zero-order valence-electron chi connectivity index (χ0n) is 14.6. The summed E-state index contributed by atoms with van der Waals surface area (Å²) in [6.45, 7) is 5.83. The Hall–Kier alpha value is -1.75. The summed E-state index contributed by atoms with van der Waals surface area (Å²) in [6.07, 6.45) is 0.929. The Morgan fingerprint density at radius 3 is 2.38 bits per heavy atom. The maximum absolute atomic E-state index is 12.1. The highest BCUT2D eigenvalue weighted by Gasteiger charge is 2.16. The molecule has 0 atom stereocenters. The van der Waals surface area contributed by atoms with Gasteiger partial charge in [-0.2, -0.15) is 0 Å². The third-order valence-corrected chi connectivity index (χ3v) is 5.35. The number of anilines is 1. The molecule has 1 aliphatic rings. The first-order valence-corrected chi connectivity index (χ1v) is 9.65. The van der Waals surface area contributed by atoms with Crippen LogP contribution in [0.25, 0.3) is 0 Å². The van der Waals surface area contributed by atoms with Gasteiger partial charge in [0.1, 0.15) is 0 Å². The average molecular weight is 392 g/mol. The molecule has 2 aromatic rings. The summed E-state index contributed by atoms with van der Waals surface area (Å²) < 4.78 is 0. The number of carbonyl (C=O) groups is 1. The van der Waals surface area contributed by atoms with Crippen LogP contribution in [0, 0.1) is 0 Å². The second-order valence-electron chi connectivity index (χ2n) is 6.40. The van der Waals surface area contributed by atoms with Crippen molar-refractivity contribution in [2.45, 2.75) is 6.42 Å². The molecular weight excluding hydrogens is 369 g/mol. The van der Waals surface area contributed by atoms with E-state index in [1.165, 1.54) is 5.69 Å². The van der Waals surface area contributed by atoms with Crippen LogP contribution < -0.4 is 10.2 Å². The Balaban J connectivity index is 1.35. The molecule has 3 rings (SSSR count). The van der Waals surface area contributed by atoms with Crippen LogP contribution in [0.15, 0.2) is 48.5 Å². The normalized spacial score (nSPS) is 15.1. The van der Waals surface area contributed by atoms with Crippen molar-refractivity contribution in [2.75, 3.05) is 44.2 Å². The molecule has 1 heterocycles. The van der Waals surface area contributed by atoms with Crippen LogP contribution in [-0.2, 0) is 0 Å². The van der Waals surface area contributed by atoms with Gasteiger partial charge in [0, 0.05) is 44.0 Å². The fraction of sp³-hybridized carbons (Fsp3) is 0.350. The summed E-state index contributed by atoms with van der Waals surface area (Å²) in [6, 6.07) is 15.5. The topological polar surface area (TPSA) is 35.6 Å². The lowest BCUT2D eigenvalue weighted by atomic mass is 10.2. The van der Waals surface area contributed by atoms with E-state index in [1.54, 1.807) is 18.2 Å². The van der Waals surface area contributed by atoms with Gasteiger partial charge < -0.3 is 10.2 Å². The minimum Gasteiger partial charge on any atom is -0.369 e. The van der Waals surface area contributed by atoms with Crippen molar-refractivity contribution in [1.29, 1.82) is 0 Å². The van der Waals surface area contributed by atoms with Gasteiger partial charge in [-0.25, -0.2) is 0 Å². The Bertz CT molecular complexity index is 731. The highest BCUT2D eigenvalue weighted by molar-refractivity contribution is 6.42. The van der Waals surface area contributed by atoms with Crippen molar-refractivity contribution in [3.63, 3.8) is 0 Å². The van der Waals surface area contributed by atoms with Crippen molar-refractivity contribution in [1.82, 2.24) is 10.2 Å². The molecule has 138 valence electrons. The second-order valence-corrected chi connectivity index (χ2v) is 7.22. The second kappa shape index (κ2) is 9.26. The fourth-order valence-electron chi connectivity index (χ4n) is 3.11. The molecule has 26 heavy (non-hydrogen) atoms. The molecule has 1 N–H and O–H groups in total. The number of para-hydroxylation sites is 1. The maximum Gasteiger partial charge on any atom is 0.251 e. The van der Waals surface area contributed by atoms with Crippen LogP contribution in [0.2, 0.25) is 10.0 Å². The molecule has 6 heteroatoms. The molecule has 2 aromatic carbocycles. The van der Waals surface area contributed by atoms with Crippen LogP contribution in [-0.4, -0.2) is 50.1 Å². The predicted octanol–water partition coefficient (Wildman–Crippen LogP) is 3.94. The summed E-state index contributed by atoms with van der Waals surface area (Å²) in [5.41, 5.74) is 1.83. The molecular formula is C20H23Cl2N3O. The third-order valence-electron chi connectivity index (χ3n) is 4.61. The van der Waals surface area contributed by atoms with Gasteiger partial charge in [-0.1, -0.05) is 41.4 Å². The number of hydrogen-bond donors (Lipinski definition) is 1. The lowest BCUT2D eigenvalue weighted by Crippen LogP contribution is -2.47. The summed E-state index contributed by atoms with van der Waals surface area (Å²) in [5.74, 6) is -0.113. The number of hydrogen-bond acceptors (Lipinski definition) is 3. The molecule has 0 unspecified atom stereocenters. The fourth-order valence-corrected chi connectivity index (χ4v) is 3.41. The number of piperazine rings is 1. The van der Waals surface area contributed by atoms with E-state index in [-0.39, 0.29) is 5.91 Å². The number of benzene rings is 2. The van der Waals surface area contributed by atoms with Crippen molar-refractivity contribution >= 4 is 34.8 Å². The van der Waals surface area contributed by atoms with Gasteiger partial charge in [0.15, 0.2) is 0 Å². The number of nitrogens with one attached hydrogen (secondary N) is 1. The van der Waals surface area contributed by atoms with Gasteiger partial charge in [0.05, 0.1) is 10.0 Å². The van der Waals surface area contributed by atoms with Crippen LogP contribution in [0.1, 0.15) is 16.8 Å². The summed E-state index contributed by atoms with van der Waals surface area (Å²) >= 11 is 11.8. The molecule has 0 aromatic heterocycles. The van der Waals surface area contributed by atoms with E-state index < -0.39 is 0 Å². The standard InChI is InChI=1S/C20H23Cl2N3O/c21-18-8-7-16(15-19(18)22)20(26)23-9-4-10-24-11-13-25(14-12-24)17-5-2-1-3-6-17/h1-3,5-8,15H,4,9-14H2,(H,23,26). The van der Waals surface area contributed by atoms with Gasteiger partial charge in [0.2, 0.25) is 0 Å². The quantitative estimate of drug-likeness (QED) is 0.757. The molecule has 1 amide bonds. The SMILES string of the molecule is O=C(NCCCN1CCN(c2ccccc2)CC1)c1ccc(Cl)c(Cl)c1. The Morgan fingerprint density at radius 2 is 1.69 bits per heavy atom. The predicted molar refractivity (Wildman–Crippen MR) is 109 cm³/mol. The minimum atomic E-state index is -0.113. The lowest BCUT2D eigenvalue weighted by Gasteiger charge is -2.36. The Kier molecular flexibility index (Phi) is 6.78.